The van der Waals surface area contributed by atoms with Crippen LogP contribution >= 0.6 is 0 Å². The van der Waals surface area contributed by atoms with E-state index < -0.39 is 16.0 Å². The van der Waals surface area contributed by atoms with E-state index in [1.807, 2.05) is 12.1 Å². The van der Waals surface area contributed by atoms with E-state index in [2.05, 4.69) is 10.9 Å². The molecule has 0 saturated heterocycles. The zero-order chi connectivity index (χ0) is 19.9. The van der Waals surface area contributed by atoms with Crippen molar-refractivity contribution in [2.75, 3.05) is 10.9 Å². The van der Waals surface area contributed by atoms with Gasteiger partial charge in [0.25, 0.3) is 10.1 Å². The molecule has 1 aliphatic heterocycles. The van der Waals surface area contributed by atoms with E-state index >= 15 is 0 Å². The lowest BCUT2D eigenvalue weighted by Gasteiger charge is -2.30. The molecule has 3 aromatic carbocycles. The van der Waals surface area contributed by atoms with Crippen molar-refractivity contribution in [1.29, 1.82) is 0 Å². The maximum atomic E-state index is 12.0. The molecule has 0 amide bonds. The largest absolute Gasteiger partial charge is 0.457 e. The van der Waals surface area contributed by atoms with Crippen molar-refractivity contribution in [3.63, 3.8) is 0 Å². The van der Waals surface area contributed by atoms with Gasteiger partial charge in [-0.05, 0) is 23.8 Å². The van der Waals surface area contributed by atoms with E-state index in [1.165, 1.54) is 6.07 Å². The van der Waals surface area contributed by atoms with Crippen molar-refractivity contribution in [2.24, 2.45) is 11.7 Å². The SMILES string of the molecule is NNc1ccc2c(c1)Oc1cc(NN)ccc1C2c1ccccc1S(=O)(=O)O. The Balaban J connectivity index is 2.01. The predicted molar refractivity (Wildman–Crippen MR) is 106 cm³/mol. The average molecular weight is 398 g/mol. The number of ether oxygens (including phenoxy) is 1. The number of hydrazine groups is 2. The number of hydrogen-bond donors (Lipinski definition) is 5. The van der Waals surface area contributed by atoms with E-state index in [-0.39, 0.29) is 4.90 Å². The van der Waals surface area contributed by atoms with Crippen LogP contribution in [0.4, 0.5) is 11.4 Å². The molecule has 0 radical (unpaired) electrons. The van der Waals surface area contributed by atoms with Crippen molar-refractivity contribution >= 4 is 21.5 Å². The summed E-state index contributed by atoms with van der Waals surface area (Å²) in [7, 11) is -4.42. The molecule has 1 heterocycles. The van der Waals surface area contributed by atoms with Crippen LogP contribution in [0.25, 0.3) is 0 Å². The first-order valence-corrected chi connectivity index (χ1v) is 9.82. The van der Waals surface area contributed by atoms with Crippen LogP contribution in [0.2, 0.25) is 0 Å². The van der Waals surface area contributed by atoms with Crippen molar-refractivity contribution in [3.05, 3.63) is 77.4 Å². The number of rotatable bonds is 4. The monoisotopic (exact) mass is 398 g/mol. The first kappa shape index (κ1) is 18.3. The van der Waals surface area contributed by atoms with Gasteiger partial charge in [-0.3, -0.25) is 16.2 Å². The van der Waals surface area contributed by atoms with Gasteiger partial charge in [0.15, 0.2) is 0 Å². The Hall–Kier alpha value is -3.11. The second-order valence-corrected chi connectivity index (χ2v) is 7.73. The molecule has 0 aliphatic carbocycles. The van der Waals surface area contributed by atoms with Crippen molar-refractivity contribution in [2.45, 2.75) is 10.8 Å². The van der Waals surface area contributed by atoms with Crippen LogP contribution in [0.1, 0.15) is 22.6 Å². The van der Waals surface area contributed by atoms with Crippen molar-refractivity contribution in [1.82, 2.24) is 0 Å². The number of nitrogen functional groups attached to an aromatic ring is 2. The molecule has 8 nitrogen and oxygen atoms in total. The molecule has 4 rings (SSSR count). The lowest BCUT2D eigenvalue weighted by atomic mass is 9.82. The number of hydrogen-bond acceptors (Lipinski definition) is 7. The van der Waals surface area contributed by atoms with Gasteiger partial charge in [-0.2, -0.15) is 8.42 Å². The fourth-order valence-electron chi connectivity index (χ4n) is 3.48. The average Bonchev–Trinajstić information content (AvgIpc) is 2.70. The Kier molecular flexibility index (Phi) is 4.44. The van der Waals surface area contributed by atoms with Crippen LogP contribution in [0.5, 0.6) is 11.5 Å². The molecule has 0 fully saturated rings. The number of anilines is 2. The topological polar surface area (TPSA) is 140 Å². The Morgan fingerprint density at radius 1 is 0.821 bits per heavy atom. The summed E-state index contributed by atoms with van der Waals surface area (Å²) >= 11 is 0. The van der Waals surface area contributed by atoms with Gasteiger partial charge in [0, 0.05) is 29.2 Å². The molecule has 0 atom stereocenters. The normalized spacial score (nSPS) is 13.2. The first-order chi connectivity index (χ1) is 13.4. The van der Waals surface area contributed by atoms with Gasteiger partial charge in [0.2, 0.25) is 0 Å². The van der Waals surface area contributed by atoms with Crippen molar-refractivity contribution in [3.8, 4) is 11.5 Å². The lowest BCUT2D eigenvalue weighted by molar-refractivity contribution is 0.451. The highest BCUT2D eigenvalue weighted by atomic mass is 32.2. The van der Waals surface area contributed by atoms with E-state index in [9.17, 15) is 13.0 Å². The Bertz CT molecular complexity index is 1110. The van der Waals surface area contributed by atoms with E-state index in [1.54, 1.807) is 42.5 Å². The fourth-order valence-corrected chi connectivity index (χ4v) is 4.21. The first-order valence-electron chi connectivity index (χ1n) is 8.38. The molecule has 0 unspecified atom stereocenters. The maximum Gasteiger partial charge on any atom is 0.294 e. The molecule has 0 spiro atoms. The van der Waals surface area contributed by atoms with E-state index in [0.717, 1.165) is 11.1 Å². The lowest BCUT2D eigenvalue weighted by Crippen LogP contribution is -2.16. The van der Waals surface area contributed by atoms with Gasteiger partial charge in [-0.1, -0.05) is 30.3 Å². The second-order valence-electron chi connectivity index (χ2n) is 6.34. The molecule has 1 aliphatic rings. The molecule has 0 bridgehead atoms. The third-order valence-corrected chi connectivity index (χ3v) is 5.64. The van der Waals surface area contributed by atoms with Gasteiger partial charge in [-0.25, -0.2) is 0 Å². The van der Waals surface area contributed by atoms with E-state index in [0.29, 0.717) is 28.4 Å². The highest BCUT2D eigenvalue weighted by Gasteiger charge is 2.32. The van der Waals surface area contributed by atoms with Gasteiger partial charge >= 0.3 is 0 Å². The van der Waals surface area contributed by atoms with Gasteiger partial charge in [0.1, 0.15) is 11.5 Å². The van der Waals surface area contributed by atoms with Crippen LogP contribution < -0.4 is 27.3 Å². The molecular weight excluding hydrogens is 380 g/mol. The Morgan fingerprint density at radius 3 is 1.86 bits per heavy atom. The second kappa shape index (κ2) is 6.80. The minimum atomic E-state index is -4.42. The summed E-state index contributed by atoms with van der Waals surface area (Å²) in [6.07, 6.45) is 0. The summed E-state index contributed by atoms with van der Waals surface area (Å²) in [6.45, 7) is 0. The summed E-state index contributed by atoms with van der Waals surface area (Å²) < 4.78 is 39.8. The number of nitrogens with one attached hydrogen (secondary N) is 2. The van der Waals surface area contributed by atoms with Crippen LogP contribution in [0.3, 0.4) is 0 Å². The molecule has 9 heteroatoms. The quantitative estimate of drug-likeness (QED) is 0.201. The number of nitrogens with two attached hydrogens (primary N) is 2. The summed E-state index contributed by atoms with van der Waals surface area (Å²) in [5.74, 6) is 11.6. The Morgan fingerprint density at radius 2 is 1.36 bits per heavy atom. The summed E-state index contributed by atoms with van der Waals surface area (Å²) in [4.78, 5) is -0.152. The summed E-state index contributed by atoms with van der Waals surface area (Å²) in [5.41, 5.74) is 8.34. The number of fused-ring (bicyclic) bond motifs is 2. The highest BCUT2D eigenvalue weighted by Crippen LogP contribution is 2.49. The molecule has 28 heavy (non-hydrogen) atoms. The summed E-state index contributed by atoms with van der Waals surface area (Å²) in [6, 6.07) is 17.0. The molecule has 0 saturated carbocycles. The van der Waals surface area contributed by atoms with Gasteiger partial charge < -0.3 is 15.6 Å². The fraction of sp³-hybridized carbons (Fsp3) is 0.0526. The smallest absolute Gasteiger partial charge is 0.294 e. The zero-order valence-corrected chi connectivity index (χ0v) is 15.4. The minimum Gasteiger partial charge on any atom is -0.457 e. The standard InChI is InChI=1S/C19H18N4O4S/c20-22-11-5-7-13-16(9-11)27-17-10-12(23-21)6-8-14(17)19(13)15-3-1-2-4-18(15)28(24,25)26/h1-10,19,22-23H,20-21H2,(H,24,25,26). The highest BCUT2D eigenvalue weighted by molar-refractivity contribution is 7.85. The zero-order valence-electron chi connectivity index (χ0n) is 14.6. The summed E-state index contributed by atoms with van der Waals surface area (Å²) in [5, 5.41) is 0. The van der Waals surface area contributed by atoms with Crippen LogP contribution in [0, 0.1) is 0 Å². The Labute approximate surface area is 161 Å². The molecule has 144 valence electrons. The van der Waals surface area contributed by atoms with Gasteiger partial charge in [0.05, 0.1) is 16.3 Å². The molecule has 0 aromatic heterocycles. The van der Waals surface area contributed by atoms with Crippen LogP contribution in [0.15, 0.2) is 65.6 Å². The maximum absolute atomic E-state index is 12.0. The molecule has 7 N–H and O–H groups in total. The van der Waals surface area contributed by atoms with Crippen LogP contribution in [-0.4, -0.2) is 13.0 Å². The predicted octanol–water partition coefficient (Wildman–Crippen LogP) is 2.79. The third kappa shape index (κ3) is 3.06. The van der Waals surface area contributed by atoms with E-state index in [4.69, 9.17) is 16.4 Å². The van der Waals surface area contributed by atoms with Crippen molar-refractivity contribution < 1.29 is 17.7 Å². The van der Waals surface area contributed by atoms with Crippen LogP contribution in [-0.2, 0) is 10.1 Å². The minimum absolute atomic E-state index is 0.152. The number of benzene rings is 3. The molecule has 3 aromatic rings. The van der Waals surface area contributed by atoms with Gasteiger partial charge in [-0.15, -0.1) is 0 Å². The molecular formula is C19H18N4O4S. The third-order valence-electron chi connectivity index (χ3n) is 4.71.